The number of esters is 1. The summed E-state index contributed by atoms with van der Waals surface area (Å²) in [5, 5.41) is 7.55. The molecule has 0 radical (unpaired) electrons. The third-order valence-electron chi connectivity index (χ3n) is 1.39. The molecule has 0 bridgehead atoms. The van der Waals surface area contributed by atoms with Crippen LogP contribution in [0.3, 0.4) is 0 Å². The van der Waals surface area contributed by atoms with Gasteiger partial charge in [0, 0.05) is 13.5 Å². The molecule has 12 heavy (non-hydrogen) atoms. The second-order valence-electron chi connectivity index (χ2n) is 2.39. The van der Waals surface area contributed by atoms with Crippen molar-refractivity contribution in [3.05, 3.63) is 5.69 Å². The van der Waals surface area contributed by atoms with Gasteiger partial charge in [0.05, 0.1) is 0 Å². The molecule has 1 rings (SSSR count). The quantitative estimate of drug-likeness (QED) is 0.606. The Morgan fingerprint density at radius 1 is 1.67 bits per heavy atom. The molecule has 0 saturated heterocycles. The lowest BCUT2D eigenvalue weighted by Gasteiger charge is -2.02. The van der Waals surface area contributed by atoms with Gasteiger partial charge in [-0.3, -0.25) is 4.79 Å². The number of ether oxygens (including phenoxy) is 1. The van der Waals surface area contributed by atoms with Crippen LogP contribution in [0.1, 0.15) is 19.5 Å². The molecule has 1 aromatic rings. The molecule has 0 N–H and O–H groups in total. The average molecular weight is 169 g/mol. The van der Waals surface area contributed by atoms with Crippen molar-refractivity contribution in [1.82, 2.24) is 15.0 Å². The zero-order valence-corrected chi connectivity index (χ0v) is 7.37. The maximum absolute atomic E-state index is 10.6. The Bertz CT molecular complexity index is 293. The van der Waals surface area contributed by atoms with Gasteiger partial charge in [-0.1, -0.05) is 5.21 Å². The molecule has 0 spiro atoms. The van der Waals surface area contributed by atoms with Crippen molar-refractivity contribution in [2.75, 3.05) is 0 Å². The Morgan fingerprint density at radius 3 is 2.83 bits per heavy atom. The highest BCUT2D eigenvalue weighted by atomic mass is 16.5. The number of carbonyl (C=O) groups is 1. The molecule has 0 atom stereocenters. The van der Waals surface area contributed by atoms with Gasteiger partial charge in [0.25, 0.3) is 0 Å². The zero-order valence-electron chi connectivity index (χ0n) is 7.37. The fourth-order valence-corrected chi connectivity index (χ4v) is 0.861. The van der Waals surface area contributed by atoms with Gasteiger partial charge in [0.2, 0.25) is 5.88 Å². The molecule has 66 valence electrons. The topological polar surface area (TPSA) is 57.0 Å². The van der Waals surface area contributed by atoms with Crippen molar-refractivity contribution in [2.45, 2.75) is 27.3 Å². The number of nitrogens with zero attached hydrogens (tertiary/aromatic N) is 3. The molecule has 5 nitrogen and oxygen atoms in total. The van der Waals surface area contributed by atoms with Crippen molar-refractivity contribution in [3.63, 3.8) is 0 Å². The molecule has 0 aliphatic rings. The van der Waals surface area contributed by atoms with Crippen molar-refractivity contribution >= 4 is 5.97 Å². The van der Waals surface area contributed by atoms with E-state index in [0.717, 1.165) is 0 Å². The Morgan fingerprint density at radius 2 is 2.33 bits per heavy atom. The van der Waals surface area contributed by atoms with E-state index in [0.29, 0.717) is 18.1 Å². The molecule has 0 unspecified atom stereocenters. The van der Waals surface area contributed by atoms with E-state index in [-0.39, 0.29) is 5.97 Å². The molecule has 5 heteroatoms. The van der Waals surface area contributed by atoms with Gasteiger partial charge in [-0.25, -0.2) is 4.68 Å². The van der Waals surface area contributed by atoms with Crippen LogP contribution >= 0.6 is 0 Å². The van der Waals surface area contributed by atoms with Gasteiger partial charge in [0.15, 0.2) is 0 Å². The predicted octanol–water partition coefficient (Wildman–Crippen LogP) is 0.532. The summed E-state index contributed by atoms with van der Waals surface area (Å²) in [5.41, 5.74) is 0.632. The molecular formula is C7H11N3O2. The Balaban J connectivity index is 2.94. The minimum absolute atomic E-state index is 0.352. The fourth-order valence-electron chi connectivity index (χ4n) is 0.861. The second-order valence-corrected chi connectivity index (χ2v) is 2.39. The molecule has 0 fully saturated rings. The van der Waals surface area contributed by atoms with Gasteiger partial charge in [-0.05, 0) is 13.8 Å². The summed E-state index contributed by atoms with van der Waals surface area (Å²) >= 11 is 0. The third-order valence-corrected chi connectivity index (χ3v) is 1.39. The standard InChI is InChI=1S/C7H11N3O2/c1-4-10-7(12-6(3)11)5(2)8-9-10/h4H2,1-3H3. The van der Waals surface area contributed by atoms with E-state index in [1.54, 1.807) is 6.92 Å². The first-order chi connectivity index (χ1) is 5.65. The van der Waals surface area contributed by atoms with Crippen LogP contribution < -0.4 is 4.74 Å². The summed E-state index contributed by atoms with van der Waals surface area (Å²) in [6, 6.07) is 0. The summed E-state index contributed by atoms with van der Waals surface area (Å²) < 4.78 is 6.44. The van der Waals surface area contributed by atoms with E-state index < -0.39 is 0 Å². The molecule has 0 saturated carbocycles. The van der Waals surface area contributed by atoms with Gasteiger partial charge in [-0.15, -0.1) is 5.10 Å². The minimum atomic E-state index is -0.352. The van der Waals surface area contributed by atoms with E-state index in [4.69, 9.17) is 4.74 Å². The lowest BCUT2D eigenvalue weighted by molar-refractivity contribution is -0.132. The number of rotatable bonds is 2. The lowest BCUT2D eigenvalue weighted by atomic mass is 10.5. The number of hydrogen-bond donors (Lipinski definition) is 0. The molecule has 0 aliphatic heterocycles. The predicted molar refractivity (Wildman–Crippen MR) is 41.7 cm³/mol. The highest BCUT2D eigenvalue weighted by molar-refractivity contribution is 5.68. The normalized spacial score (nSPS) is 9.92. The summed E-state index contributed by atoms with van der Waals surface area (Å²) in [6.45, 7) is 5.65. The van der Waals surface area contributed by atoms with E-state index in [1.165, 1.54) is 11.6 Å². The Kier molecular flexibility index (Phi) is 2.42. The van der Waals surface area contributed by atoms with Gasteiger partial charge < -0.3 is 4.74 Å². The van der Waals surface area contributed by atoms with Gasteiger partial charge in [0.1, 0.15) is 5.69 Å². The van der Waals surface area contributed by atoms with Crippen LogP contribution in [0, 0.1) is 6.92 Å². The van der Waals surface area contributed by atoms with E-state index in [9.17, 15) is 4.79 Å². The van der Waals surface area contributed by atoms with Crippen LogP contribution in [0.5, 0.6) is 5.88 Å². The maximum atomic E-state index is 10.6. The molecule has 1 heterocycles. The molecule has 0 aromatic carbocycles. The van der Waals surface area contributed by atoms with E-state index >= 15 is 0 Å². The van der Waals surface area contributed by atoms with Crippen LogP contribution in [0.4, 0.5) is 0 Å². The molecule has 0 aliphatic carbocycles. The summed E-state index contributed by atoms with van der Waals surface area (Å²) in [7, 11) is 0. The summed E-state index contributed by atoms with van der Waals surface area (Å²) in [4.78, 5) is 10.6. The van der Waals surface area contributed by atoms with Crippen molar-refractivity contribution < 1.29 is 9.53 Å². The van der Waals surface area contributed by atoms with Crippen molar-refractivity contribution in [2.24, 2.45) is 0 Å². The first-order valence-electron chi connectivity index (χ1n) is 3.73. The Hall–Kier alpha value is -1.39. The summed E-state index contributed by atoms with van der Waals surface area (Å²) in [6.07, 6.45) is 0. The highest BCUT2D eigenvalue weighted by Gasteiger charge is 2.10. The first-order valence-corrected chi connectivity index (χ1v) is 3.73. The number of aryl methyl sites for hydroxylation is 2. The average Bonchev–Trinajstić information content (AvgIpc) is 2.32. The SMILES string of the molecule is CCn1nnc(C)c1OC(C)=O. The lowest BCUT2D eigenvalue weighted by Crippen LogP contribution is -2.08. The molecular weight excluding hydrogens is 158 g/mol. The largest absolute Gasteiger partial charge is 0.406 e. The van der Waals surface area contributed by atoms with Gasteiger partial charge >= 0.3 is 5.97 Å². The van der Waals surface area contributed by atoms with Crippen molar-refractivity contribution in [3.8, 4) is 5.88 Å². The Labute approximate surface area is 70.3 Å². The zero-order chi connectivity index (χ0) is 9.14. The smallest absolute Gasteiger partial charge is 0.309 e. The summed E-state index contributed by atoms with van der Waals surface area (Å²) in [5.74, 6) is 0.0834. The number of aromatic nitrogens is 3. The third kappa shape index (κ3) is 1.61. The van der Waals surface area contributed by atoms with Gasteiger partial charge in [-0.2, -0.15) is 0 Å². The first kappa shape index (κ1) is 8.70. The van der Waals surface area contributed by atoms with E-state index in [2.05, 4.69) is 10.3 Å². The van der Waals surface area contributed by atoms with Crippen LogP contribution in [0.15, 0.2) is 0 Å². The second kappa shape index (κ2) is 3.34. The minimum Gasteiger partial charge on any atom is -0.406 e. The van der Waals surface area contributed by atoms with Crippen LogP contribution in [0.25, 0.3) is 0 Å². The molecule has 1 aromatic heterocycles. The number of hydrogen-bond acceptors (Lipinski definition) is 4. The number of carbonyl (C=O) groups excluding carboxylic acids is 1. The maximum Gasteiger partial charge on any atom is 0.309 e. The van der Waals surface area contributed by atoms with E-state index in [1.807, 2.05) is 6.92 Å². The monoisotopic (exact) mass is 169 g/mol. The van der Waals surface area contributed by atoms with Crippen LogP contribution in [-0.4, -0.2) is 21.0 Å². The highest BCUT2D eigenvalue weighted by Crippen LogP contribution is 2.13. The van der Waals surface area contributed by atoms with Crippen molar-refractivity contribution in [1.29, 1.82) is 0 Å². The molecule has 0 amide bonds. The fraction of sp³-hybridized carbons (Fsp3) is 0.571. The van der Waals surface area contributed by atoms with Crippen LogP contribution in [0.2, 0.25) is 0 Å². The van der Waals surface area contributed by atoms with Crippen LogP contribution in [-0.2, 0) is 11.3 Å².